The minimum absolute atomic E-state index is 0.162. The van der Waals surface area contributed by atoms with Gasteiger partial charge >= 0.3 is 0 Å². The number of rotatable bonds is 4. The lowest BCUT2D eigenvalue weighted by atomic mass is 10.2. The summed E-state index contributed by atoms with van der Waals surface area (Å²) in [7, 11) is 0. The highest BCUT2D eigenvalue weighted by atomic mass is 32.1. The Morgan fingerprint density at radius 1 is 1.59 bits per heavy atom. The van der Waals surface area contributed by atoms with Crippen molar-refractivity contribution in [3.8, 4) is 0 Å². The van der Waals surface area contributed by atoms with Crippen molar-refractivity contribution in [3.63, 3.8) is 0 Å². The summed E-state index contributed by atoms with van der Waals surface area (Å²) in [6.45, 7) is 4.51. The molecule has 90 valence electrons. The summed E-state index contributed by atoms with van der Waals surface area (Å²) in [5.74, 6) is 0.925. The molecule has 0 aliphatic heterocycles. The van der Waals surface area contributed by atoms with Gasteiger partial charge in [0.15, 0.2) is 0 Å². The van der Waals surface area contributed by atoms with E-state index in [-0.39, 0.29) is 5.91 Å². The fraction of sp³-hybridized carbons (Fsp3) is 0.333. The molecule has 2 rings (SSSR count). The number of aromatic nitrogens is 1. The van der Waals surface area contributed by atoms with Crippen LogP contribution in [0.2, 0.25) is 0 Å². The third-order valence-electron chi connectivity index (χ3n) is 2.25. The van der Waals surface area contributed by atoms with E-state index in [0.29, 0.717) is 18.2 Å². The molecule has 0 spiro atoms. The van der Waals surface area contributed by atoms with Crippen LogP contribution in [0.25, 0.3) is 0 Å². The molecule has 0 fully saturated rings. The smallest absolute Gasteiger partial charge is 0.271 e. The number of amides is 1. The van der Waals surface area contributed by atoms with Crippen LogP contribution in [0.1, 0.15) is 41.0 Å². The number of hydrogen-bond donors (Lipinski definition) is 1. The molecule has 1 N–H and O–H groups in total. The first kappa shape index (κ1) is 11.9. The largest absolute Gasteiger partial charge is 0.467 e. The third kappa shape index (κ3) is 2.94. The van der Waals surface area contributed by atoms with Crippen molar-refractivity contribution in [2.75, 3.05) is 0 Å². The second-order valence-corrected chi connectivity index (χ2v) is 4.88. The Morgan fingerprint density at radius 2 is 2.41 bits per heavy atom. The zero-order valence-corrected chi connectivity index (χ0v) is 10.6. The molecule has 17 heavy (non-hydrogen) atoms. The Kier molecular flexibility index (Phi) is 3.58. The van der Waals surface area contributed by atoms with Gasteiger partial charge in [0.25, 0.3) is 5.91 Å². The molecule has 0 aromatic carbocycles. The van der Waals surface area contributed by atoms with E-state index in [4.69, 9.17) is 4.42 Å². The summed E-state index contributed by atoms with van der Waals surface area (Å²) in [4.78, 5) is 16.1. The normalized spacial score (nSPS) is 10.8. The third-order valence-corrected chi connectivity index (χ3v) is 3.40. The van der Waals surface area contributed by atoms with Gasteiger partial charge in [0.05, 0.1) is 17.8 Å². The summed E-state index contributed by atoms with van der Waals surface area (Å²) < 4.78 is 5.13. The lowest BCUT2D eigenvalue weighted by molar-refractivity contribution is 0.0943. The number of nitrogens with one attached hydrogen (secondary N) is 1. The molecule has 5 heteroatoms. The number of thiazole rings is 1. The van der Waals surface area contributed by atoms with Crippen LogP contribution in [0.3, 0.4) is 0 Å². The quantitative estimate of drug-likeness (QED) is 0.907. The molecule has 2 aromatic heterocycles. The van der Waals surface area contributed by atoms with Crippen molar-refractivity contribution in [1.82, 2.24) is 10.3 Å². The lowest BCUT2D eigenvalue weighted by Crippen LogP contribution is -2.22. The number of furan rings is 1. The summed E-state index contributed by atoms with van der Waals surface area (Å²) in [6, 6.07) is 3.61. The predicted octanol–water partition coefficient (Wildman–Crippen LogP) is 2.79. The zero-order valence-electron chi connectivity index (χ0n) is 9.77. The Balaban J connectivity index is 1.95. The molecule has 1 amide bonds. The van der Waals surface area contributed by atoms with Crippen molar-refractivity contribution in [3.05, 3.63) is 40.2 Å². The Labute approximate surface area is 104 Å². The molecule has 0 radical (unpaired) electrons. The van der Waals surface area contributed by atoms with Crippen LogP contribution in [-0.4, -0.2) is 10.9 Å². The number of carbonyl (C=O) groups excluding carboxylic acids is 1. The highest BCUT2D eigenvalue weighted by Gasteiger charge is 2.12. The van der Waals surface area contributed by atoms with Crippen LogP contribution in [-0.2, 0) is 6.54 Å². The monoisotopic (exact) mass is 250 g/mol. The molecule has 0 saturated carbocycles. The van der Waals surface area contributed by atoms with E-state index in [2.05, 4.69) is 24.1 Å². The summed E-state index contributed by atoms with van der Waals surface area (Å²) in [5, 5.41) is 5.53. The molecule has 0 saturated heterocycles. The number of nitrogens with zero attached hydrogens (tertiary/aromatic N) is 1. The van der Waals surface area contributed by atoms with E-state index >= 15 is 0 Å². The molecule has 2 aromatic rings. The molecule has 0 bridgehead atoms. The second kappa shape index (κ2) is 5.14. The Hall–Kier alpha value is -1.62. The van der Waals surface area contributed by atoms with E-state index in [1.54, 1.807) is 17.7 Å². The van der Waals surface area contributed by atoms with E-state index in [0.717, 1.165) is 10.8 Å². The van der Waals surface area contributed by atoms with Gasteiger partial charge in [-0.15, -0.1) is 11.3 Å². The van der Waals surface area contributed by atoms with Gasteiger partial charge in [0, 0.05) is 11.3 Å². The van der Waals surface area contributed by atoms with Crippen LogP contribution in [0.4, 0.5) is 0 Å². The summed E-state index contributed by atoms with van der Waals surface area (Å²) >= 11 is 1.51. The molecular formula is C12H14N2O2S. The zero-order chi connectivity index (χ0) is 12.3. The first-order valence-electron chi connectivity index (χ1n) is 5.43. The van der Waals surface area contributed by atoms with Gasteiger partial charge in [-0.1, -0.05) is 13.8 Å². The van der Waals surface area contributed by atoms with Gasteiger partial charge in [0.1, 0.15) is 11.5 Å². The molecule has 0 aliphatic rings. The maximum Gasteiger partial charge on any atom is 0.271 e. The van der Waals surface area contributed by atoms with Crippen LogP contribution in [0, 0.1) is 0 Å². The average Bonchev–Trinajstić information content (AvgIpc) is 2.96. The van der Waals surface area contributed by atoms with Crippen molar-refractivity contribution >= 4 is 17.2 Å². The first-order valence-corrected chi connectivity index (χ1v) is 6.31. The van der Waals surface area contributed by atoms with Gasteiger partial charge in [-0.25, -0.2) is 4.98 Å². The van der Waals surface area contributed by atoms with Crippen LogP contribution in [0.15, 0.2) is 28.2 Å². The first-order chi connectivity index (χ1) is 8.16. The van der Waals surface area contributed by atoms with Gasteiger partial charge in [0.2, 0.25) is 0 Å². The van der Waals surface area contributed by atoms with Crippen LogP contribution in [0.5, 0.6) is 0 Å². The minimum Gasteiger partial charge on any atom is -0.467 e. The maximum absolute atomic E-state index is 11.8. The van der Waals surface area contributed by atoms with Crippen molar-refractivity contribution in [1.29, 1.82) is 0 Å². The van der Waals surface area contributed by atoms with Gasteiger partial charge < -0.3 is 9.73 Å². The molecule has 4 nitrogen and oxygen atoms in total. The SMILES string of the molecule is CC(C)c1nc(C(=O)NCc2ccco2)cs1. The second-order valence-electron chi connectivity index (χ2n) is 3.99. The minimum atomic E-state index is -0.162. The Bertz CT molecular complexity index is 488. The van der Waals surface area contributed by atoms with Crippen LogP contribution >= 0.6 is 11.3 Å². The highest BCUT2D eigenvalue weighted by Crippen LogP contribution is 2.19. The van der Waals surface area contributed by atoms with E-state index < -0.39 is 0 Å². The molecule has 2 heterocycles. The molecule has 0 unspecified atom stereocenters. The molecular weight excluding hydrogens is 236 g/mol. The van der Waals surface area contributed by atoms with E-state index in [9.17, 15) is 4.79 Å². The average molecular weight is 250 g/mol. The molecule has 0 aliphatic carbocycles. The summed E-state index contributed by atoms with van der Waals surface area (Å²) in [5.41, 5.74) is 0.477. The van der Waals surface area contributed by atoms with Crippen molar-refractivity contribution < 1.29 is 9.21 Å². The van der Waals surface area contributed by atoms with Crippen molar-refractivity contribution in [2.45, 2.75) is 26.3 Å². The fourth-order valence-corrected chi connectivity index (χ4v) is 2.14. The molecule has 0 atom stereocenters. The number of hydrogen-bond acceptors (Lipinski definition) is 4. The fourth-order valence-electron chi connectivity index (χ4n) is 1.33. The predicted molar refractivity (Wildman–Crippen MR) is 66.1 cm³/mol. The van der Waals surface area contributed by atoms with Crippen molar-refractivity contribution in [2.24, 2.45) is 0 Å². The number of carbonyl (C=O) groups is 1. The van der Waals surface area contributed by atoms with Gasteiger partial charge in [-0.3, -0.25) is 4.79 Å². The van der Waals surface area contributed by atoms with E-state index in [1.807, 2.05) is 6.07 Å². The highest BCUT2D eigenvalue weighted by molar-refractivity contribution is 7.09. The maximum atomic E-state index is 11.8. The van der Waals surface area contributed by atoms with Gasteiger partial charge in [-0.2, -0.15) is 0 Å². The standard InChI is InChI=1S/C12H14N2O2S/c1-8(2)12-14-10(7-17-12)11(15)13-6-9-4-3-5-16-9/h3-5,7-8H,6H2,1-2H3,(H,13,15). The topological polar surface area (TPSA) is 55.1 Å². The summed E-state index contributed by atoms with van der Waals surface area (Å²) in [6.07, 6.45) is 1.58. The van der Waals surface area contributed by atoms with Gasteiger partial charge in [-0.05, 0) is 12.1 Å². The van der Waals surface area contributed by atoms with E-state index in [1.165, 1.54) is 11.3 Å². The Morgan fingerprint density at radius 3 is 3.00 bits per heavy atom. The lowest BCUT2D eigenvalue weighted by Gasteiger charge is -2.00. The van der Waals surface area contributed by atoms with Crippen LogP contribution < -0.4 is 5.32 Å².